The van der Waals surface area contributed by atoms with Crippen LogP contribution in [0.5, 0.6) is 0 Å². The second-order valence-electron chi connectivity index (χ2n) is 6.65. The van der Waals surface area contributed by atoms with E-state index in [1.807, 2.05) is 18.3 Å². The predicted octanol–water partition coefficient (Wildman–Crippen LogP) is 3.11. The number of aryl methyl sites for hydroxylation is 1. The van der Waals surface area contributed by atoms with Crippen LogP contribution in [0.3, 0.4) is 0 Å². The van der Waals surface area contributed by atoms with Crippen molar-refractivity contribution < 1.29 is 14.7 Å². The second-order valence-corrected chi connectivity index (χ2v) is 6.65. The lowest BCUT2D eigenvalue weighted by Gasteiger charge is -2.25. The van der Waals surface area contributed by atoms with E-state index in [0.29, 0.717) is 19.4 Å². The molecule has 0 saturated heterocycles. The molecular formula is C19H24N2O3. The van der Waals surface area contributed by atoms with Gasteiger partial charge in [0.05, 0.1) is 5.92 Å². The van der Waals surface area contributed by atoms with Crippen molar-refractivity contribution in [2.75, 3.05) is 6.54 Å². The number of carbonyl (C=O) groups excluding carboxylic acids is 1. The zero-order valence-electron chi connectivity index (χ0n) is 13.8. The van der Waals surface area contributed by atoms with Crippen molar-refractivity contribution in [2.45, 2.75) is 38.5 Å². The zero-order chi connectivity index (χ0) is 16.9. The second kappa shape index (κ2) is 7.51. The minimum absolute atomic E-state index is 0.0138. The smallest absolute Gasteiger partial charge is 0.306 e. The molecule has 1 amide bonds. The number of rotatable bonds is 6. The normalized spacial score (nSPS) is 20.8. The molecule has 5 nitrogen and oxygen atoms in total. The molecule has 1 fully saturated rings. The fourth-order valence-electron chi connectivity index (χ4n) is 3.63. The SMILES string of the molecule is O=C(O)C1CCCC(C(=O)NCCCc2c[nH]c3ccccc23)C1. The molecule has 2 aromatic rings. The van der Waals surface area contributed by atoms with Crippen molar-refractivity contribution in [1.82, 2.24) is 10.3 Å². The average Bonchev–Trinajstić information content (AvgIpc) is 3.02. The van der Waals surface area contributed by atoms with Gasteiger partial charge in [0.2, 0.25) is 5.91 Å². The number of H-pyrrole nitrogens is 1. The van der Waals surface area contributed by atoms with Crippen LogP contribution in [0.1, 0.15) is 37.7 Å². The molecule has 1 heterocycles. The van der Waals surface area contributed by atoms with E-state index in [9.17, 15) is 9.59 Å². The number of benzene rings is 1. The lowest BCUT2D eigenvalue weighted by molar-refractivity contribution is -0.144. The number of hydrogen-bond acceptors (Lipinski definition) is 2. The van der Waals surface area contributed by atoms with Crippen LogP contribution in [0.25, 0.3) is 10.9 Å². The van der Waals surface area contributed by atoms with Crippen LogP contribution in [0, 0.1) is 11.8 Å². The summed E-state index contributed by atoms with van der Waals surface area (Å²) < 4.78 is 0. The summed E-state index contributed by atoms with van der Waals surface area (Å²) in [4.78, 5) is 26.6. The molecule has 1 aliphatic rings. The Morgan fingerprint density at radius 1 is 1.21 bits per heavy atom. The molecule has 2 atom stereocenters. The Morgan fingerprint density at radius 2 is 2.00 bits per heavy atom. The predicted molar refractivity (Wildman–Crippen MR) is 92.7 cm³/mol. The molecule has 2 unspecified atom stereocenters. The number of hydrogen-bond donors (Lipinski definition) is 3. The van der Waals surface area contributed by atoms with Crippen molar-refractivity contribution in [3.63, 3.8) is 0 Å². The molecular weight excluding hydrogens is 304 g/mol. The maximum atomic E-state index is 12.2. The topological polar surface area (TPSA) is 82.2 Å². The van der Waals surface area contributed by atoms with Crippen molar-refractivity contribution in [2.24, 2.45) is 11.8 Å². The van der Waals surface area contributed by atoms with Gasteiger partial charge in [-0.1, -0.05) is 24.6 Å². The van der Waals surface area contributed by atoms with Crippen LogP contribution < -0.4 is 5.32 Å². The number of para-hydroxylation sites is 1. The molecule has 1 aliphatic carbocycles. The monoisotopic (exact) mass is 328 g/mol. The molecule has 5 heteroatoms. The number of carboxylic acids is 1. The van der Waals surface area contributed by atoms with Crippen LogP contribution >= 0.6 is 0 Å². The molecule has 1 aromatic heterocycles. The van der Waals surface area contributed by atoms with Gasteiger partial charge in [-0.25, -0.2) is 0 Å². The molecule has 0 bridgehead atoms. The summed E-state index contributed by atoms with van der Waals surface area (Å²) in [6, 6.07) is 8.21. The highest BCUT2D eigenvalue weighted by Crippen LogP contribution is 2.29. The zero-order valence-corrected chi connectivity index (χ0v) is 13.8. The Hall–Kier alpha value is -2.30. The van der Waals surface area contributed by atoms with E-state index < -0.39 is 5.97 Å². The largest absolute Gasteiger partial charge is 0.481 e. The highest BCUT2D eigenvalue weighted by molar-refractivity contribution is 5.83. The van der Waals surface area contributed by atoms with Crippen LogP contribution in [0.2, 0.25) is 0 Å². The van der Waals surface area contributed by atoms with E-state index in [4.69, 9.17) is 5.11 Å². The van der Waals surface area contributed by atoms with Crippen LogP contribution in [0.15, 0.2) is 30.5 Å². The van der Waals surface area contributed by atoms with Gasteiger partial charge >= 0.3 is 5.97 Å². The molecule has 0 radical (unpaired) electrons. The Bertz CT molecular complexity index is 722. The first-order chi connectivity index (χ1) is 11.6. The Kier molecular flexibility index (Phi) is 5.18. The number of nitrogens with one attached hydrogen (secondary N) is 2. The van der Waals surface area contributed by atoms with Gasteiger partial charge in [-0.2, -0.15) is 0 Å². The quantitative estimate of drug-likeness (QED) is 0.713. The van der Waals surface area contributed by atoms with Gasteiger partial charge in [0.25, 0.3) is 0 Å². The number of aromatic amines is 1. The van der Waals surface area contributed by atoms with Crippen molar-refractivity contribution in [3.8, 4) is 0 Å². The standard InChI is InChI=1S/C19H24N2O3/c22-18(13-5-3-6-14(11-13)19(23)24)20-10-4-7-15-12-21-17-9-2-1-8-16(15)17/h1-2,8-9,12-14,21H,3-7,10-11H2,(H,20,22)(H,23,24). The molecule has 3 N–H and O–H groups in total. The minimum Gasteiger partial charge on any atom is -0.481 e. The molecule has 0 aliphatic heterocycles. The maximum absolute atomic E-state index is 12.2. The number of amides is 1. The van der Waals surface area contributed by atoms with Gasteiger partial charge in [0.15, 0.2) is 0 Å². The van der Waals surface area contributed by atoms with Crippen molar-refractivity contribution >= 4 is 22.8 Å². The Balaban J connectivity index is 1.44. The van der Waals surface area contributed by atoms with Gasteiger partial charge in [-0.15, -0.1) is 0 Å². The fourth-order valence-corrected chi connectivity index (χ4v) is 3.63. The van der Waals surface area contributed by atoms with Gasteiger partial charge in [0.1, 0.15) is 0 Å². The summed E-state index contributed by atoms with van der Waals surface area (Å²) in [5.41, 5.74) is 2.40. The first-order valence-electron chi connectivity index (χ1n) is 8.70. The van der Waals surface area contributed by atoms with E-state index in [1.165, 1.54) is 10.9 Å². The molecule has 1 saturated carbocycles. The molecule has 3 rings (SSSR count). The average molecular weight is 328 g/mol. The van der Waals surface area contributed by atoms with E-state index in [-0.39, 0.29) is 17.7 Å². The fraction of sp³-hybridized carbons (Fsp3) is 0.474. The highest BCUT2D eigenvalue weighted by Gasteiger charge is 2.30. The third-order valence-electron chi connectivity index (χ3n) is 4.99. The Morgan fingerprint density at radius 3 is 2.83 bits per heavy atom. The van der Waals surface area contributed by atoms with Crippen LogP contribution in [0.4, 0.5) is 0 Å². The molecule has 0 spiro atoms. The van der Waals surface area contributed by atoms with E-state index in [1.54, 1.807) is 0 Å². The van der Waals surface area contributed by atoms with E-state index in [2.05, 4.69) is 22.4 Å². The van der Waals surface area contributed by atoms with Crippen LogP contribution in [-0.4, -0.2) is 28.5 Å². The first kappa shape index (κ1) is 16.6. The van der Waals surface area contributed by atoms with Crippen molar-refractivity contribution in [1.29, 1.82) is 0 Å². The number of aromatic nitrogens is 1. The summed E-state index contributed by atoms with van der Waals surface area (Å²) >= 11 is 0. The van der Waals surface area contributed by atoms with Gasteiger partial charge < -0.3 is 15.4 Å². The molecule has 24 heavy (non-hydrogen) atoms. The highest BCUT2D eigenvalue weighted by atomic mass is 16.4. The number of aliphatic carboxylic acids is 1. The number of carboxylic acid groups (broad SMARTS) is 1. The van der Waals surface area contributed by atoms with Gasteiger partial charge in [-0.05, 0) is 43.7 Å². The Labute approximate surface area is 141 Å². The maximum Gasteiger partial charge on any atom is 0.306 e. The summed E-state index contributed by atoms with van der Waals surface area (Å²) in [5.74, 6) is -1.26. The minimum atomic E-state index is -0.771. The number of fused-ring (bicyclic) bond motifs is 1. The lowest BCUT2D eigenvalue weighted by atomic mass is 9.81. The van der Waals surface area contributed by atoms with E-state index in [0.717, 1.165) is 31.2 Å². The van der Waals surface area contributed by atoms with E-state index >= 15 is 0 Å². The summed E-state index contributed by atoms with van der Waals surface area (Å²) in [5, 5.41) is 13.3. The van der Waals surface area contributed by atoms with Crippen LogP contribution in [-0.2, 0) is 16.0 Å². The lowest BCUT2D eigenvalue weighted by Crippen LogP contribution is -2.36. The summed E-state index contributed by atoms with van der Waals surface area (Å²) in [6.45, 7) is 0.632. The van der Waals surface area contributed by atoms with Crippen molar-refractivity contribution in [3.05, 3.63) is 36.0 Å². The van der Waals surface area contributed by atoms with Gasteiger partial charge in [0, 0.05) is 29.6 Å². The molecule has 128 valence electrons. The summed E-state index contributed by atoms with van der Waals surface area (Å²) in [7, 11) is 0. The third-order valence-corrected chi connectivity index (χ3v) is 4.99. The van der Waals surface area contributed by atoms with Gasteiger partial charge in [-0.3, -0.25) is 9.59 Å². The number of carbonyl (C=O) groups is 2. The first-order valence-corrected chi connectivity index (χ1v) is 8.70. The summed E-state index contributed by atoms with van der Waals surface area (Å²) in [6.07, 6.45) is 6.62. The third kappa shape index (κ3) is 3.78. The molecule has 1 aromatic carbocycles.